The van der Waals surface area contributed by atoms with Crippen molar-refractivity contribution in [3.05, 3.63) is 0 Å². The Kier molecular flexibility index (Phi) is 9.25. The normalized spacial score (nSPS) is 21.2. The lowest BCUT2D eigenvalue weighted by Gasteiger charge is -2.30. The van der Waals surface area contributed by atoms with Crippen molar-refractivity contribution in [2.24, 2.45) is 5.92 Å². The largest absolute Gasteiger partial charge is 0.481 e. The molecule has 3 atom stereocenters. The van der Waals surface area contributed by atoms with Gasteiger partial charge in [0.25, 0.3) is 0 Å². The summed E-state index contributed by atoms with van der Waals surface area (Å²) in [6.07, 6.45) is 4.32. The van der Waals surface area contributed by atoms with E-state index in [-0.39, 0.29) is 12.5 Å². The van der Waals surface area contributed by atoms with Gasteiger partial charge in [-0.25, -0.2) is 4.79 Å². The van der Waals surface area contributed by atoms with E-state index in [2.05, 4.69) is 6.92 Å². The van der Waals surface area contributed by atoms with Gasteiger partial charge in [-0.2, -0.15) is 0 Å². The van der Waals surface area contributed by atoms with Crippen LogP contribution in [0.3, 0.4) is 0 Å². The van der Waals surface area contributed by atoms with Gasteiger partial charge in [-0.15, -0.1) is 4.89 Å². The number of carboxylic acid groups (broad SMARTS) is 1. The van der Waals surface area contributed by atoms with Gasteiger partial charge in [0, 0.05) is 13.0 Å². The van der Waals surface area contributed by atoms with Crippen molar-refractivity contribution in [1.82, 2.24) is 0 Å². The molecule has 0 radical (unpaired) electrons. The first kappa shape index (κ1) is 20.9. The first-order chi connectivity index (χ1) is 11.4. The van der Waals surface area contributed by atoms with Crippen molar-refractivity contribution in [2.45, 2.75) is 77.6 Å². The average Bonchev–Trinajstić information content (AvgIpc) is 3.03. The molecule has 1 rings (SSSR count). The van der Waals surface area contributed by atoms with Gasteiger partial charge in [0.05, 0.1) is 25.0 Å². The van der Waals surface area contributed by atoms with Crippen LogP contribution in [-0.4, -0.2) is 42.1 Å². The van der Waals surface area contributed by atoms with Gasteiger partial charge in [-0.05, 0) is 32.6 Å². The number of hydrogen-bond donors (Lipinski definition) is 1. The maximum atomic E-state index is 12.0. The van der Waals surface area contributed by atoms with Gasteiger partial charge in [0.2, 0.25) is 5.79 Å². The fourth-order valence-electron chi connectivity index (χ4n) is 2.57. The molecule has 0 aromatic rings. The van der Waals surface area contributed by atoms with E-state index in [9.17, 15) is 9.59 Å². The number of carbonyl (C=O) groups excluding carboxylic acids is 1. The number of hydrogen-bond acceptors (Lipinski definition) is 6. The number of unbranched alkanes of at least 4 members (excludes halogenated alkanes) is 1. The highest BCUT2D eigenvalue weighted by molar-refractivity contribution is 5.78. The summed E-state index contributed by atoms with van der Waals surface area (Å²) in [4.78, 5) is 33.1. The molecule has 1 fully saturated rings. The van der Waals surface area contributed by atoms with Crippen LogP contribution in [0.4, 0.5) is 0 Å². The Balaban J connectivity index is 2.58. The van der Waals surface area contributed by atoms with E-state index < -0.39 is 23.6 Å². The number of ether oxygens (including phenoxy) is 2. The Bertz CT molecular complexity index is 392. The fourth-order valence-corrected chi connectivity index (χ4v) is 2.57. The highest BCUT2D eigenvalue weighted by Gasteiger charge is 2.35. The molecule has 1 aliphatic rings. The van der Waals surface area contributed by atoms with Gasteiger partial charge in [0.15, 0.2) is 0 Å². The third kappa shape index (κ3) is 7.59. The van der Waals surface area contributed by atoms with Crippen molar-refractivity contribution >= 4 is 11.9 Å². The van der Waals surface area contributed by atoms with E-state index in [1.807, 2.05) is 0 Å². The monoisotopic (exact) mass is 346 g/mol. The highest BCUT2D eigenvalue weighted by Crippen LogP contribution is 2.27. The van der Waals surface area contributed by atoms with Crippen LogP contribution >= 0.6 is 0 Å². The van der Waals surface area contributed by atoms with Crippen LogP contribution in [0.25, 0.3) is 0 Å². The summed E-state index contributed by atoms with van der Waals surface area (Å²) >= 11 is 0. The molecular weight excluding hydrogens is 316 g/mol. The molecule has 0 spiro atoms. The molecular formula is C17H30O7. The summed E-state index contributed by atoms with van der Waals surface area (Å²) in [5.74, 6) is -3.55. The molecule has 1 heterocycles. The highest BCUT2D eigenvalue weighted by atomic mass is 17.2. The molecule has 1 aliphatic heterocycles. The third-order valence-electron chi connectivity index (χ3n) is 4.07. The molecule has 0 saturated carbocycles. The molecule has 24 heavy (non-hydrogen) atoms. The Morgan fingerprint density at radius 2 is 2.12 bits per heavy atom. The van der Waals surface area contributed by atoms with Gasteiger partial charge < -0.3 is 14.6 Å². The Labute approximate surface area is 143 Å². The van der Waals surface area contributed by atoms with Crippen LogP contribution in [0, 0.1) is 5.92 Å². The zero-order valence-electron chi connectivity index (χ0n) is 14.9. The summed E-state index contributed by atoms with van der Waals surface area (Å²) in [7, 11) is 0. The second kappa shape index (κ2) is 10.6. The molecule has 0 bridgehead atoms. The molecule has 0 aromatic heterocycles. The minimum atomic E-state index is -1.10. The van der Waals surface area contributed by atoms with Crippen LogP contribution in [0.1, 0.15) is 65.7 Å². The number of aliphatic carboxylic acids is 1. The summed E-state index contributed by atoms with van der Waals surface area (Å²) in [5, 5.41) is 8.84. The lowest BCUT2D eigenvalue weighted by Crippen LogP contribution is -2.38. The summed E-state index contributed by atoms with van der Waals surface area (Å²) in [5.41, 5.74) is 0. The zero-order chi connectivity index (χ0) is 18.0. The fraction of sp³-hybridized carbons (Fsp3) is 0.882. The van der Waals surface area contributed by atoms with Crippen molar-refractivity contribution in [3.8, 4) is 0 Å². The summed E-state index contributed by atoms with van der Waals surface area (Å²) in [6, 6.07) is 0. The standard InChI is InChI=1S/C17H30O7/c1-4-6-10-22-17(3,12-14-8-7-9-21-14)24-23-16(20)13(5-2)11-15(18)19/h13-14H,4-12H2,1-3H3,(H,18,19). The van der Waals surface area contributed by atoms with Crippen LogP contribution in [-0.2, 0) is 28.8 Å². The van der Waals surface area contributed by atoms with Gasteiger partial charge >= 0.3 is 11.9 Å². The second-order valence-electron chi connectivity index (χ2n) is 6.36. The van der Waals surface area contributed by atoms with Crippen LogP contribution in [0.5, 0.6) is 0 Å². The maximum absolute atomic E-state index is 12.0. The van der Waals surface area contributed by atoms with E-state index in [0.29, 0.717) is 26.1 Å². The Morgan fingerprint density at radius 3 is 2.67 bits per heavy atom. The second-order valence-corrected chi connectivity index (χ2v) is 6.36. The average molecular weight is 346 g/mol. The van der Waals surface area contributed by atoms with Crippen molar-refractivity contribution < 1.29 is 33.9 Å². The molecule has 3 unspecified atom stereocenters. The molecule has 0 aromatic carbocycles. The zero-order valence-corrected chi connectivity index (χ0v) is 14.9. The van der Waals surface area contributed by atoms with E-state index in [1.165, 1.54) is 0 Å². The lowest BCUT2D eigenvalue weighted by atomic mass is 10.0. The Morgan fingerprint density at radius 1 is 1.38 bits per heavy atom. The van der Waals surface area contributed by atoms with Crippen LogP contribution in [0.15, 0.2) is 0 Å². The van der Waals surface area contributed by atoms with Crippen molar-refractivity contribution in [3.63, 3.8) is 0 Å². The number of carboxylic acids is 1. The van der Waals surface area contributed by atoms with E-state index in [0.717, 1.165) is 25.7 Å². The van der Waals surface area contributed by atoms with E-state index >= 15 is 0 Å². The first-order valence-electron chi connectivity index (χ1n) is 8.77. The van der Waals surface area contributed by atoms with Gasteiger partial charge in [-0.3, -0.25) is 9.68 Å². The smallest absolute Gasteiger partial charge is 0.346 e. The SMILES string of the molecule is CCCCOC(C)(CC1CCCO1)OOC(=O)C(CC)CC(=O)O. The van der Waals surface area contributed by atoms with E-state index in [1.54, 1.807) is 13.8 Å². The predicted octanol–water partition coefficient (Wildman–Crippen LogP) is 3.06. The first-order valence-corrected chi connectivity index (χ1v) is 8.77. The predicted molar refractivity (Wildman–Crippen MR) is 86.1 cm³/mol. The van der Waals surface area contributed by atoms with Crippen molar-refractivity contribution in [1.29, 1.82) is 0 Å². The summed E-state index contributed by atoms with van der Waals surface area (Å²) < 4.78 is 11.4. The van der Waals surface area contributed by atoms with Crippen LogP contribution < -0.4 is 0 Å². The molecule has 140 valence electrons. The molecule has 0 aliphatic carbocycles. The molecule has 7 heteroatoms. The quantitative estimate of drug-likeness (QED) is 0.251. The topological polar surface area (TPSA) is 91.3 Å². The summed E-state index contributed by atoms with van der Waals surface area (Å²) in [6.45, 7) is 6.71. The number of rotatable bonds is 12. The minimum absolute atomic E-state index is 0.0105. The minimum Gasteiger partial charge on any atom is -0.481 e. The molecule has 1 saturated heterocycles. The van der Waals surface area contributed by atoms with Crippen molar-refractivity contribution in [2.75, 3.05) is 13.2 Å². The third-order valence-corrected chi connectivity index (χ3v) is 4.07. The lowest BCUT2D eigenvalue weighted by molar-refractivity contribution is -0.405. The number of carbonyl (C=O) groups is 2. The molecule has 0 amide bonds. The van der Waals surface area contributed by atoms with Crippen LogP contribution in [0.2, 0.25) is 0 Å². The molecule has 1 N–H and O–H groups in total. The van der Waals surface area contributed by atoms with Gasteiger partial charge in [-0.1, -0.05) is 20.3 Å². The van der Waals surface area contributed by atoms with Gasteiger partial charge in [0.1, 0.15) is 0 Å². The maximum Gasteiger partial charge on any atom is 0.346 e. The van der Waals surface area contributed by atoms with E-state index in [4.69, 9.17) is 24.4 Å². The Hall–Kier alpha value is -1.18. The molecule has 7 nitrogen and oxygen atoms in total.